The van der Waals surface area contributed by atoms with Gasteiger partial charge in [-0.25, -0.2) is 0 Å². The molecule has 2 heterocycles. The lowest BCUT2D eigenvalue weighted by molar-refractivity contribution is -0.139. The number of hydrogen-bond donors (Lipinski definition) is 1. The molecule has 4 heteroatoms. The third kappa shape index (κ3) is 3.25. The number of esters is 1. The number of ether oxygens (including phenoxy) is 1. The Balaban J connectivity index is 1.58. The Morgan fingerprint density at radius 2 is 1.92 bits per heavy atom. The SMILES string of the molecule is COC(=O)Cc1c2n(c3ccccc13)CC(NCc1ccccc1)CC2. The van der Waals surface area contributed by atoms with Gasteiger partial charge in [-0.05, 0) is 30.0 Å². The molecule has 2 aromatic carbocycles. The lowest BCUT2D eigenvalue weighted by Gasteiger charge is -2.27. The molecule has 0 spiro atoms. The molecule has 0 aliphatic carbocycles. The summed E-state index contributed by atoms with van der Waals surface area (Å²) >= 11 is 0. The molecule has 1 N–H and O–H groups in total. The third-order valence-corrected chi connectivity index (χ3v) is 5.31. The van der Waals surface area contributed by atoms with Crippen LogP contribution in [0.1, 0.15) is 23.2 Å². The third-order valence-electron chi connectivity index (χ3n) is 5.31. The second-order valence-corrected chi connectivity index (χ2v) is 6.91. The van der Waals surface area contributed by atoms with Gasteiger partial charge in [-0.2, -0.15) is 0 Å². The van der Waals surface area contributed by atoms with Gasteiger partial charge in [0.25, 0.3) is 0 Å². The number of carbonyl (C=O) groups is 1. The molecule has 0 amide bonds. The van der Waals surface area contributed by atoms with E-state index in [9.17, 15) is 4.79 Å². The van der Waals surface area contributed by atoms with Crippen molar-refractivity contribution in [3.05, 3.63) is 71.4 Å². The summed E-state index contributed by atoms with van der Waals surface area (Å²) in [6.07, 6.45) is 2.41. The minimum Gasteiger partial charge on any atom is -0.469 e. The highest BCUT2D eigenvalue weighted by Crippen LogP contribution is 2.31. The summed E-state index contributed by atoms with van der Waals surface area (Å²) in [5, 5.41) is 4.87. The van der Waals surface area contributed by atoms with Gasteiger partial charge in [-0.1, -0.05) is 48.5 Å². The van der Waals surface area contributed by atoms with Gasteiger partial charge in [0, 0.05) is 35.7 Å². The predicted molar refractivity (Wildman–Crippen MR) is 103 cm³/mol. The molecule has 0 saturated carbocycles. The van der Waals surface area contributed by atoms with E-state index in [-0.39, 0.29) is 5.97 Å². The molecule has 1 aromatic heterocycles. The van der Waals surface area contributed by atoms with Crippen molar-refractivity contribution in [3.63, 3.8) is 0 Å². The Morgan fingerprint density at radius 3 is 2.73 bits per heavy atom. The molecule has 134 valence electrons. The van der Waals surface area contributed by atoms with Gasteiger partial charge in [0.15, 0.2) is 0 Å². The van der Waals surface area contributed by atoms with Crippen LogP contribution in [-0.4, -0.2) is 23.7 Å². The van der Waals surface area contributed by atoms with Crippen molar-refractivity contribution in [2.24, 2.45) is 0 Å². The monoisotopic (exact) mass is 348 g/mol. The average Bonchev–Trinajstić information content (AvgIpc) is 3.00. The van der Waals surface area contributed by atoms with Crippen molar-refractivity contribution < 1.29 is 9.53 Å². The number of carbonyl (C=O) groups excluding carboxylic acids is 1. The van der Waals surface area contributed by atoms with E-state index in [1.807, 2.05) is 12.1 Å². The molecule has 0 bridgehead atoms. The van der Waals surface area contributed by atoms with Crippen molar-refractivity contribution in [2.75, 3.05) is 7.11 Å². The van der Waals surface area contributed by atoms with Gasteiger partial charge in [-0.15, -0.1) is 0 Å². The fourth-order valence-electron chi connectivity index (χ4n) is 3.98. The van der Waals surface area contributed by atoms with Gasteiger partial charge in [0.05, 0.1) is 13.5 Å². The summed E-state index contributed by atoms with van der Waals surface area (Å²) in [7, 11) is 1.45. The first-order valence-corrected chi connectivity index (χ1v) is 9.19. The molecule has 1 unspecified atom stereocenters. The standard InChI is InChI=1S/C22H24N2O2/c1-26-22(25)13-19-18-9-5-6-10-20(18)24-15-17(11-12-21(19)24)23-14-16-7-3-2-4-8-16/h2-10,17,23H,11-15H2,1H3. The number of methoxy groups -OCH3 is 1. The number of fused-ring (bicyclic) bond motifs is 3. The molecule has 26 heavy (non-hydrogen) atoms. The fraction of sp³-hybridized carbons (Fsp3) is 0.318. The number of nitrogens with one attached hydrogen (secondary N) is 1. The van der Waals surface area contributed by atoms with E-state index in [2.05, 4.69) is 52.3 Å². The number of benzene rings is 2. The van der Waals surface area contributed by atoms with E-state index < -0.39 is 0 Å². The first-order valence-electron chi connectivity index (χ1n) is 9.19. The highest BCUT2D eigenvalue weighted by molar-refractivity contribution is 5.89. The molecule has 1 aliphatic heterocycles. The zero-order valence-electron chi connectivity index (χ0n) is 15.1. The van der Waals surface area contributed by atoms with Crippen molar-refractivity contribution in [1.82, 2.24) is 9.88 Å². The quantitative estimate of drug-likeness (QED) is 0.718. The first-order chi connectivity index (χ1) is 12.8. The van der Waals surface area contributed by atoms with Gasteiger partial charge in [-0.3, -0.25) is 4.79 Å². The number of aromatic nitrogens is 1. The second-order valence-electron chi connectivity index (χ2n) is 6.91. The average molecular weight is 348 g/mol. The Labute approximate surface area is 153 Å². The molecule has 0 fully saturated rings. The summed E-state index contributed by atoms with van der Waals surface area (Å²) in [5.41, 5.74) is 4.94. The maximum atomic E-state index is 11.9. The lowest BCUT2D eigenvalue weighted by atomic mass is 10.00. The highest BCUT2D eigenvalue weighted by Gasteiger charge is 2.25. The first kappa shape index (κ1) is 16.9. The minimum absolute atomic E-state index is 0.173. The molecular weight excluding hydrogens is 324 g/mol. The largest absolute Gasteiger partial charge is 0.469 e. The van der Waals surface area contributed by atoms with Gasteiger partial charge in [0.2, 0.25) is 0 Å². The Hall–Kier alpha value is -2.59. The normalized spacial score (nSPS) is 16.4. The topological polar surface area (TPSA) is 43.3 Å². The van der Waals surface area contributed by atoms with Gasteiger partial charge >= 0.3 is 5.97 Å². The van der Waals surface area contributed by atoms with E-state index in [0.29, 0.717) is 12.5 Å². The van der Waals surface area contributed by atoms with Gasteiger partial charge in [0.1, 0.15) is 0 Å². The number of para-hydroxylation sites is 1. The molecule has 0 saturated heterocycles. The van der Waals surface area contributed by atoms with Gasteiger partial charge < -0.3 is 14.6 Å². The maximum absolute atomic E-state index is 11.9. The van der Waals surface area contributed by atoms with Crippen LogP contribution in [0.4, 0.5) is 0 Å². The van der Waals surface area contributed by atoms with Crippen LogP contribution in [0.2, 0.25) is 0 Å². The minimum atomic E-state index is -0.173. The lowest BCUT2D eigenvalue weighted by Crippen LogP contribution is -2.37. The summed E-state index contributed by atoms with van der Waals surface area (Å²) in [4.78, 5) is 11.9. The molecular formula is C22H24N2O2. The van der Waals surface area contributed by atoms with Crippen molar-refractivity contribution in [1.29, 1.82) is 0 Å². The molecule has 1 aliphatic rings. The van der Waals surface area contributed by atoms with E-state index in [1.54, 1.807) is 0 Å². The van der Waals surface area contributed by atoms with Crippen molar-refractivity contribution in [2.45, 2.75) is 38.4 Å². The molecule has 1 atom stereocenters. The van der Waals surface area contributed by atoms with E-state index >= 15 is 0 Å². The number of nitrogens with zero attached hydrogens (tertiary/aromatic N) is 1. The molecule has 3 aromatic rings. The summed E-state index contributed by atoms with van der Waals surface area (Å²) < 4.78 is 7.30. The van der Waals surface area contributed by atoms with E-state index in [0.717, 1.165) is 31.5 Å². The van der Waals surface area contributed by atoms with E-state index in [1.165, 1.54) is 29.3 Å². The Morgan fingerprint density at radius 1 is 1.15 bits per heavy atom. The zero-order chi connectivity index (χ0) is 17.9. The van der Waals surface area contributed by atoms with E-state index in [4.69, 9.17) is 4.74 Å². The molecule has 4 nitrogen and oxygen atoms in total. The maximum Gasteiger partial charge on any atom is 0.310 e. The van der Waals surface area contributed by atoms with Crippen LogP contribution in [0.3, 0.4) is 0 Å². The summed E-state index contributed by atoms with van der Waals surface area (Å²) in [5.74, 6) is -0.173. The van der Waals surface area contributed by atoms with Crippen LogP contribution in [0.15, 0.2) is 54.6 Å². The fourth-order valence-corrected chi connectivity index (χ4v) is 3.98. The van der Waals surface area contributed by atoms with Crippen LogP contribution in [0.5, 0.6) is 0 Å². The van der Waals surface area contributed by atoms with Crippen LogP contribution < -0.4 is 5.32 Å². The summed E-state index contributed by atoms with van der Waals surface area (Å²) in [6, 6.07) is 19.3. The second kappa shape index (κ2) is 7.34. The molecule has 4 rings (SSSR count). The Bertz CT molecular complexity index is 915. The molecule has 0 radical (unpaired) electrons. The van der Waals surface area contributed by atoms with Crippen LogP contribution in [-0.2, 0) is 35.5 Å². The number of rotatable bonds is 5. The van der Waals surface area contributed by atoms with Crippen LogP contribution >= 0.6 is 0 Å². The predicted octanol–water partition coefficient (Wildman–Crippen LogP) is 3.46. The number of hydrogen-bond acceptors (Lipinski definition) is 3. The zero-order valence-corrected chi connectivity index (χ0v) is 15.1. The smallest absolute Gasteiger partial charge is 0.310 e. The highest BCUT2D eigenvalue weighted by atomic mass is 16.5. The van der Waals surface area contributed by atoms with Crippen LogP contribution in [0.25, 0.3) is 10.9 Å². The Kier molecular flexibility index (Phi) is 4.76. The summed E-state index contributed by atoms with van der Waals surface area (Å²) in [6.45, 7) is 1.82. The van der Waals surface area contributed by atoms with Crippen molar-refractivity contribution in [3.8, 4) is 0 Å². The van der Waals surface area contributed by atoms with Crippen molar-refractivity contribution >= 4 is 16.9 Å². The van der Waals surface area contributed by atoms with Crippen LogP contribution in [0, 0.1) is 0 Å².